The van der Waals surface area contributed by atoms with Gasteiger partial charge < -0.3 is 15.2 Å². The number of thioether (sulfide) groups is 1. The van der Waals surface area contributed by atoms with Gasteiger partial charge in [-0.15, -0.1) is 11.8 Å². The number of nitrogen functional groups attached to an aromatic ring is 1. The molecule has 0 saturated heterocycles. The van der Waals surface area contributed by atoms with Crippen molar-refractivity contribution in [1.82, 2.24) is 0 Å². The van der Waals surface area contributed by atoms with E-state index in [1.165, 1.54) is 0 Å². The molecular weight excluding hydrogens is 284 g/mol. The number of fused-ring (bicyclic) bond motifs is 1. The van der Waals surface area contributed by atoms with Gasteiger partial charge in [0.15, 0.2) is 11.5 Å². The Kier molecular flexibility index (Phi) is 4.01. The Morgan fingerprint density at radius 1 is 1.10 bits per heavy atom. The standard InChI is InChI=1S/C16H16N2O2S/c17-16(18)13-4-2-1-3-11(13)10-21-12-5-6-14-15(9-12)20-8-7-19-14/h1-6,9H,7-8,10H2,(H3,17,18). The van der Waals surface area contributed by atoms with E-state index in [1.54, 1.807) is 11.8 Å². The van der Waals surface area contributed by atoms with Crippen LogP contribution in [-0.2, 0) is 5.75 Å². The lowest BCUT2D eigenvalue weighted by Gasteiger charge is -2.18. The van der Waals surface area contributed by atoms with Gasteiger partial charge in [-0.05, 0) is 23.8 Å². The van der Waals surface area contributed by atoms with E-state index in [9.17, 15) is 0 Å². The number of hydrogen-bond donors (Lipinski definition) is 2. The predicted molar refractivity (Wildman–Crippen MR) is 84.5 cm³/mol. The topological polar surface area (TPSA) is 68.3 Å². The van der Waals surface area contributed by atoms with Crippen LogP contribution in [0.5, 0.6) is 11.5 Å². The van der Waals surface area contributed by atoms with Crippen molar-refractivity contribution < 1.29 is 9.47 Å². The second kappa shape index (κ2) is 6.10. The molecule has 2 aromatic rings. The fourth-order valence-electron chi connectivity index (χ4n) is 2.18. The Hall–Kier alpha value is -2.14. The summed E-state index contributed by atoms with van der Waals surface area (Å²) < 4.78 is 11.1. The normalized spacial score (nSPS) is 13.0. The quantitative estimate of drug-likeness (QED) is 0.517. The van der Waals surface area contributed by atoms with Crippen LogP contribution in [0.4, 0.5) is 0 Å². The average molecular weight is 300 g/mol. The van der Waals surface area contributed by atoms with Crippen molar-refractivity contribution >= 4 is 17.6 Å². The van der Waals surface area contributed by atoms with E-state index in [4.69, 9.17) is 20.6 Å². The second-order valence-corrected chi connectivity index (χ2v) is 5.71. The average Bonchev–Trinajstić information content (AvgIpc) is 2.53. The molecule has 3 N–H and O–H groups in total. The summed E-state index contributed by atoms with van der Waals surface area (Å²) in [6.07, 6.45) is 0. The first kappa shape index (κ1) is 13.8. The molecule has 0 fully saturated rings. The first-order valence-corrected chi connectivity index (χ1v) is 7.67. The third-order valence-corrected chi connectivity index (χ3v) is 4.26. The van der Waals surface area contributed by atoms with Gasteiger partial charge in [-0.3, -0.25) is 5.41 Å². The van der Waals surface area contributed by atoms with E-state index in [1.807, 2.05) is 42.5 Å². The van der Waals surface area contributed by atoms with Crippen molar-refractivity contribution in [2.24, 2.45) is 5.73 Å². The molecule has 0 aromatic heterocycles. The van der Waals surface area contributed by atoms with Crippen molar-refractivity contribution in [3.63, 3.8) is 0 Å². The molecule has 4 nitrogen and oxygen atoms in total. The first-order valence-electron chi connectivity index (χ1n) is 6.69. The van der Waals surface area contributed by atoms with E-state index in [0.717, 1.165) is 33.3 Å². The monoisotopic (exact) mass is 300 g/mol. The van der Waals surface area contributed by atoms with E-state index < -0.39 is 0 Å². The first-order chi connectivity index (χ1) is 10.2. The minimum Gasteiger partial charge on any atom is -0.486 e. The summed E-state index contributed by atoms with van der Waals surface area (Å²) in [4.78, 5) is 1.11. The van der Waals surface area contributed by atoms with Crippen LogP contribution in [0.1, 0.15) is 11.1 Å². The molecular formula is C16H16N2O2S. The summed E-state index contributed by atoms with van der Waals surface area (Å²) in [7, 11) is 0. The fraction of sp³-hybridized carbons (Fsp3) is 0.188. The molecule has 0 bridgehead atoms. The van der Waals surface area contributed by atoms with Crippen LogP contribution >= 0.6 is 11.8 Å². The van der Waals surface area contributed by atoms with Crippen LogP contribution in [0.25, 0.3) is 0 Å². The summed E-state index contributed by atoms with van der Waals surface area (Å²) in [5.74, 6) is 2.46. The van der Waals surface area contributed by atoms with Gasteiger partial charge >= 0.3 is 0 Å². The largest absolute Gasteiger partial charge is 0.486 e. The molecule has 2 aromatic carbocycles. The Balaban J connectivity index is 1.75. The number of ether oxygens (including phenoxy) is 2. The number of nitrogens with two attached hydrogens (primary N) is 1. The van der Waals surface area contributed by atoms with Gasteiger partial charge in [0.2, 0.25) is 0 Å². The van der Waals surface area contributed by atoms with Gasteiger partial charge in [0.25, 0.3) is 0 Å². The molecule has 0 radical (unpaired) electrons. The summed E-state index contributed by atoms with van der Waals surface area (Å²) in [6, 6.07) is 13.7. The highest BCUT2D eigenvalue weighted by molar-refractivity contribution is 7.98. The zero-order chi connectivity index (χ0) is 14.7. The van der Waals surface area contributed by atoms with Crippen LogP contribution in [0, 0.1) is 5.41 Å². The number of hydrogen-bond acceptors (Lipinski definition) is 4. The van der Waals surface area contributed by atoms with Gasteiger partial charge in [0, 0.05) is 16.2 Å². The highest BCUT2D eigenvalue weighted by Crippen LogP contribution is 2.35. The van der Waals surface area contributed by atoms with Crippen molar-refractivity contribution in [3.8, 4) is 11.5 Å². The number of amidine groups is 1. The van der Waals surface area contributed by atoms with Gasteiger partial charge in [0.1, 0.15) is 19.0 Å². The maximum atomic E-state index is 7.62. The summed E-state index contributed by atoms with van der Waals surface area (Å²) >= 11 is 1.69. The van der Waals surface area contributed by atoms with Crippen molar-refractivity contribution in [1.29, 1.82) is 5.41 Å². The van der Waals surface area contributed by atoms with Crippen LogP contribution < -0.4 is 15.2 Å². The molecule has 0 atom stereocenters. The lowest BCUT2D eigenvalue weighted by Crippen LogP contribution is -2.15. The van der Waals surface area contributed by atoms with Crippen LogP contribution in [0.2, 0.25) is 0 Å². The van der Waals surface area contributed by atoms with Gasteiger partial charge in [-0.2, -0.15) is 0 Å². The molecule has 0 saturated carbocycles. The maximum Gasteiger partial charge on any atom is 0.162 e. The molecule has 108 valence electrons. The van der Waals surface area contributed by atoms with Crippen LogP contribution in [0.3, 0.4) is 0 Å². The van der Waals surface area contributed by atoms with Crippen LogP contribution in [0.15, 0.2) is 47.4 Å². The molecule has 1 aliphatic heterocycles. The van der Waals surface area contributed by atoms with Crippen molar-refractivity contribution in [3.05, 3.63) is 53.6 Å². The molecule has 1 aliphatic rings. The minimum atomic E-state index is 0.105. The lowest BCUT2D eigenvalue weighted by atomic mass is 10.1. The molecule has 0 unspecified atom stereocenters. The van der Waals surface area contributed by atoms with Crippen molar-refractivity contribution in [2.75, 3.05) is 13.2 Å². The summed E-state index contributed by atoms with van der Waals surface area (Å²) in [5.41, 5.74) is 7.47. The third-order valence-electron chi connectivity index (χ3n) is 3.22. The Labute approximate surface area is 127 Å². The highest BCUT2D eigenvalue weighted by Gasteiger charge is 2.12. The Morgan fingerprint density at radius 2 is 1.86 bits per heavy atom. The van der Waals surface area contributed by atoms with Crippen molar-refractivity contribution in [2.45, 2.75) is 10.6 Å². The zero-order valence-electron chi connectivity index (χ0n) is 11.5. The van der Waals surface area contributed by atoms with E-state index in [0.29, 0.717) is 13.2 Å². The summed E-state index contributed by atoms with van der Waals surface area (Å²) in [5, 5.41) is 7.62. The Morgan fingerprint density at radius 3 is 2.67 bits per heavy atom. The molecule has 1 heterocycles. The van der Waals surface area contributed by atoms with Crippen LogP contribution in [-0.4, -0.2) is 19.0 Å². The maximum absolute atomic E-state index is 7.62. The van der Waals surface area contributed by atoms with E-state index in [-0.39, 0.29) is 5.84 Å². The van der Waals surface area contributed by atoms with Gasteiger partial charge in [-0.25, -0.2) is 0 Å². The predicted octanol–water partition coefficient (Wildman–Crippen LogP) is 3.03. The molecule has 0 spiro atoms. The number of nitrogens with one attached hydrogen (secondary N) is 1. The number of rotatable bonds is 4. The highest BCUT2D eigenvalue weighted by atomic mass is 32.2. The zero-order valence-corrected chi connectivity index (χ0v) is 12.3. The van der Waals surface area contributed by atoms with E-state index in [2.05, 4.69) is 0 Å². The molecule has 0 amide bonds. The third kappa shape index (κ3) is 3.13. The SMILES string of the molecule is N=C(N)c1ccccc1CSc1ccc2c(c1)OCCO2. The minimum absolute atomic E-state index is 0.105. The molecule has 5 heteroatoms. The van der Waals surface area contributed by atoms with Gasteiger partial charge in [0.05, 0.1) is 0 Å². The lowest BCUT2D eigenvalue weighted by molar-refractivity contribution is 0.171. The smallest absolute Gasteiger partial charge is 0.162 e. The summed E-state index contributed by atoms with van der Waals surface area (Å²) in [6.45, 7) is 1.19. The van der Waals surface area contributed by atoms with Gasteiger partial charge in [-0.1, -0.05) is 24.3 Å². The molecule has 0 aliphatic carbocycles. The molecule has 3 rings (SSSR count). The molecule has 21 heavy (non-hydrogen) atoms. The number of benzene rings is 2. The fourth-order valence-corrected chi connectivity index (χ4v) is 3.11. The second-order valence-electron chi connectivity index (χ2n) is 4.66. The van der Waals surface area contributed by atoms with E-state index >= 15 is 0 Å². The Bertz CT molecular complexity index is 673.